The topological polar surface area (TPSA) is 49.4 Å². The third-order valence-corrected chi connectivity index (χ3v) is 4.41. The second-order valence-corrected chi connectivity index (χ2v) is 6.66. The number of rotatable bonds is 3. The molecule has 0 aromatic heterocycles. The number of piperazine rings is 1. The molecule has 1 aromatic carbocycles. The highest BCUT2D eigenvalue weighted by atomic mass is 79.9. The van der Waals surface area contributed by atoms with Gasteiger partial charge < -0.3 is 5.32 Å². The van der Waals surface area contributed by atoms with Crippen LogP contribution >= 0.6 is 15.9 Å². The van der Waals surface area contributed by atoms with Gasteiger partial charge in [0.2, 0.25) is 5.91 Å². The molecule has 0 bridgehead atoms. The molecule has 1 aromatic rings. The summed E-state index contributed by atoms with van der Waals surface area (Å²) in [6.07, 6.45) is 0.805. The van der Waals surface area contributed by atoms with Gasteiger partial charge in [-0.1, -0.05) is 36.7 Å². The molecule has 1 saturated heterocycles. The Morgan fingerprint density at radius 1 is 1.33 bits per heavy atom. The van der Waals surface area contributed by atoms with Crippen LogP contribution in [0.15, 0.2) is 22.7 Å². The maximum atomic E-state index is 12.8. The summed E-state index contributed by atoms with van der Waals surface area (Å²) < 4.78 is 0.977. The molecule has 0 saturated carbocycles. The SMILES string of the molecule is CCc1cc(Br)ccc1N1C(=O)C(C(C)C)NC(=O)C1C. The molecular formula is C16H21BrN2O2. The van der Waals surface area contributed by atoms with E-state index >= 15 is 0 Å². The van der Waals surface area contributed by atoms with E-state index in [4.69, 9.17) is 0 Å². The lowest BCUT2D eigenvalue weighted by atomic mass is 9.96. The molecule has 1 aliphatic rings. The smallest absolute Gasteiger partial charge is 0.250 e. The maximum Gasteiger partial charge on any atom is 0.250 e. The number of anilines is 1. The Kier molecular flexibility index (Phi) is 4.71. The van der Waals surface area contributed by atoms with Gasteiger partial charge in [0, 0.05) is 10.2 Å². The highest BCUT2D eigenvalue weighted by Crippen LogP contribution is 2.29. The molecule has 2 amide bonds. The lowest BCUT2D eigenvalue weighted by Crippen LogP contribution is -2.64. The quantitative estimate of drug-likeness (QED) is 0.909. The molecular weight excluding hydrogens is 332 g/mol. The first-order valence-electron chi connectivity index (χ1n) is 7.28. The number of hydrogen-bond acceptors (Lipinski definition) is 2. The van der Waals surface area contributed by atoms with Crippen molar-refractivity contribution in [2.45, 2.75) is 46.2 Å². The van der Waals surface area contributed by atoms with Gasteiger partial charge in [-0.2, -0.15) is 0 Å². The summed E-state index contributed by atoms with van der Waals surface area (Å²) in [5.41, 5.74) is 1.89. The third-order valence-electron chi connectivity index (χ3n) is 3.92. The zero-order valence-corrected chi connectivity index (χ0v) is 14.4. The van der Waals surface area contributed by atoms with E-state index in [0.29, 0.717) is 0 Å². The molecule has 4 nitrogen and oxygen atoms in total. The van der Waals surface area contributed by atoms with Crippen LogP contribution in [0.5, 0.6) is 0 Å². The summed E-state index contributed by atoms with van der Waals surface area (Å²) in [5.74, 6) is -0.0654. The Hall–Kier alpha value is -1.36. The van der Waals surface area contributed by atoms with E-state index in [9.17, 15) is 9.59 Å². The van der Waals surface area contributed by atoms with E-state index in [1.165, 1.54) is 0 Å². The van der Waals surface area contributed by atoms with Crippen molar-refractivity contribution in [3.8, 4) is 0 Å². The monoisotopic (exact) mass is 352 g/mol. The van der Waals surface area contributed by atoms with E-state index in [0.717, 1.165) is 22.1 Å². The van der Waals surface area contributed by atoms with Crippen molar-refractivity contribution < 1.29 is 9.59 Å². The minimum atomic E-state index is -0.487. The van der Waals surface area contributed by atoms with Crippen LogP contribution in [0.1, 0.15) is 33.3 Å². The third kappa shape index (κ3) is 2.98. The number of carbonyl (C=O) groups is 2. The van der Waals surface area contributed by atoms with E-state index in [1.54, 1.807) is 11.8 Å². The molecule has 0 aliphatic carbocycles. The fraction of sp³-hybridized carbons (Fsp3) is 0.500. The van der Waals surface area contributed by atoms with E-state index in [-0.39, 0.29) is 17.7 Å². The summed E-state index contributed by atoms with van der Waals surface area (Å²) in [7, 11) is 0. The Morgan fingerprint density at radius 2 is 2.00 bits per heavy atom. The second-order valence-electron chi connectivity index (χ2n) is 5.74. The van der Waals surface area contributed by atoms with Crippen LogP contribution in [0.2, 0.25) is 0 Å². The molecule has 1 N–H and O–H groups in total. The summed E-state index contributed by atoms with van der Waals surface area (Å²) >= 11 is 3.46. The number of aryl methyl sites for hydroxylation is 1. The zero-order valence-electron chi connectivity index (χ0n) is 12.8. The van der Waals surface area contributed by atoms with Crippen molar-refractivity contribution in [1.82, 2.24) is 5.32 Å². The second kappa shape index (κ2) is 6.18. The molecule has 5 heteroatoms. The number of benzene rings is 1. The number of nitrogens with one attached hydrogen (secondary N) is 1. The highest BCUT2D eigenvalue weighted by Gasteiger charge is 2.40. The fourth-order valence-electron chi connectivity index (χ4n) is 2.65. The van der Waals surface area contributed by atoms with E-state index in [1.807, 2.05) is 39.0 Å². The molecule has 1 heterocycles. The summed E-state index contributed by atoms with van der Waals surface area (Å²) in [5, 5.41) is 2.82. The largest absolute Gasteiger partial charge is 0.342 e. The van der Waals surface area contributed by atoms with Gasteiger partial charge in [-0.3, -0.25) is 14.5 Å². The average Bonchev–Trinajstić information content (AvgIpc) is 2.44. The lowest BCUT2D eigenvalue weighted by molar-refractivity contribution is -0.134. The number of halogens is 1. The van der Waals surface area contributed by atoms with Gasteiger partial charge in [-0.05, 0) is 43.0 Å². The van der Waals surface area contributed by atoms with Crippen molar-refractivity contribution in [3.05, 3.63) is 28.2 Å². The molecule has 114 valence electrons. The first kappa shape index (κ1) is 16.0. The maximum absolute atomic E-state index is 12.8. The predicted octanol–water partition coefficient (Wildman–Crippen LogP) is 2.89. The van der Waals surface area contributed by atoms with Crippen molar-refractivity contribution in [3.63, 3.8) is 0 Å². The van der Waals surface area contributed by atoms with Crippen LogP contribution < -0.4 is 10.2 Å². The van der Waals surface area contributed by atoms with Gasteiger partial charge in [0.1, 0.15) is 12.1 Å². The average molecular weight is 353 g/mol. The Balaban J connectivity index is 2.49. The standard InChI is InChI=1S/C16H21BrN2O2/c1-5-11-8-12(17)6-7-13(11)19-10(4)15(20)18-14(9(2)3)16(19)21/h6-10,14H,5H2,1-4H3,(H,18,20). The molecule has 2 rings (SSSR count). The van der Waals surface area contributed by atoms with Gasteiger partial charge in [-0.15, -0.1) is 0 Å². The van der Waals surface area contributed by atoms with Crippen LogP contribution in [-0.2, 0) is 16.0 Å². The van der Waals surface area contributed by atoms with Crippen LogP contribution in [0.4, 0.5) is 5.69 Å². The van der Waals surface area contributed by atoms with Crippen LogP contribution in [0, 0.1) is 5.92 Å². The molecule has 0 radical (unpaired) electrons. The predicted molar refractivity (Wildman–Crippen MR) is 87.2 cm³/mol. The van der Waals surface area contributed by atoms with Crippen molar-refractivity contribution in [2.24, 2.45) is 5.92 Å². The van der Waals surface area contributed by atoms with E-state index < -0.39 is 12.1 Å². The molecule has 2 unspecified atom stereocenters. The molecule has 1 fully saturated rings. The number of nitrogens with zero attached hydrogens (tertiary/aromatic N) is 1. The lowest BCUT2D eigenvalue weighted by Gasteiger charge is -2.39. The molecule has 1 aliphatic heterocycles. The van der Waals surface area contributed by atoms with Crippen molar-refractivity contribution in [1.29, 1.82) is 0 Å². The highest BCUT2D eigenvalue weighted by molar-refractivity contribution is 9.10. The number of carbonyl (C=O) groups excluding carboxylic acids is 2. The van der Waals surface area contributed by atoms with Crippen molar-refractivity contribution in [2.75, 3.05) is 4.90 Å². The van der Waals surface area contributed by atoms with Gasteiger partial charge in [0.05, 0.1) is 0 Å². The molecule has 21 heavy (non-hydrogen) atoms. The van der Waals surface area contributed by atoms with Gasteiger partial charge in [-0.25, -0.2) is 0 Å². The first-order valence-corrected chi connectivity index (χ1v) is 8.08. The molecule has 0 spiro atoms. The normalized spacial score (nSPS) is 22.7. The zero-order chi connectivity index (χ0) is 15.7. The van der Waals surface area contributed by atoms with Crippen molar-refractivity contribution >= 4 is 33.4 Å². The van der Waals surface area contributed by atoms with Crippen LogP contribution in [0.25, 0.3) is 0 Å². The minimum Gasteiger partial charge on any atom is -0.342 e. The Labute approximate surface area is 134 Å². The minimum absolute atomic E-state index is 0.0332. The fourth-order valence-corrected chi connectivity index (χ4v) is 3.05. The number of amides is 2. The van der Waals surface area contributed by atoms with E-state index in [2.05, 4.69) is 21.2 Å². The van der Waals surface area contributed by atoms with Crippen LogP contribution in [0.3, 0.4) is 0 Å². The summed E-state index contributed by atoms with van der Waals surface area (Å²) in [4.78, 5) is 26.6. The van der Waals surface area contributed by atoms with Gasteiger partial charge in [0.15, 0.2) is 0 Å². The first-order chi connectivity index (χ1) is 9.86. The van der Waals surface area contributed by atoms with Gasteiger partial charge >= 0.3 is 0 Å². The summed E-state index contributed by atoms with van der Waals surface area (Å²) in [6, 6.07) is 4.88. The Bertz CT molecular complexity index is 571. The van der Waals surface area contributed by atoms with Gasteiger partial charge in [0.25, 0.3) is 5.91 Å². The summed E-state index contributed by atoms with van der Waals surface area (Å²) in [6.45, 7) is 7.70. The number of hydrogen-bond donors (Lipinski definition) is 1. The Morgan fingerprint density at radius 3 is 2.57 bits per heavy atom. The molecule has 2 atom stereocenters. The van der Waals surface area contributed by atoms with Crippen LogP contribution in [-0.4, -0.2) is 23.9 Å².